The van der Waals surface area contributed by atoms with Gasteiger partial charge in [-0.05, 0) is 39.4 Å². The van der Waals surface area contributed by atoms with E-state index in [-0.39, 0.29) is 30.2 Å². The Balaban J connectivity index is 0.000000299. The predicted molar refractivity (Wildman–Crippen MR) is 162 cm³/mol. The smallest absolute Gasteiger partial charge is 0.333 e. The number of carbonyl (C=O) groups is 5. The molecule has 3 unspecified atom stereocenters. The third-order valence-corrected chi connectivity index (χ3v) is 8.37. The Kier molecular flexibility index (Phi) is 18.3. The number of carbonyl (C=O) groups excluding carboxylic acids is 5. The zero-order valence-electron chi connectivity index (χ0n) is 24.0. The molecule has 0 spiro atoms. The maximum atomic E-state index is 11.6. The molecular formula is C28H41BrO10S2. The van der Waals surface area contributed by atoms with Gasteiger partial charge in [0.1, 0.15) is 5.33 Å². The van der Waals surface area contributed by atoms with E-state index in [0.717, 1.165) is 24.7 Å². The van der Waals surface area contributed by atoms with Crippen molar-refractivity contribution in [1.29, 1.82) is 0 Å². The Morgan fingerprint density at radius 2 is 1.66 bits per heavy atom. The number of hydrogen-bond acceptors (Lipinski definition) is 12. The summed E-state index contributed by atoms with van der Waals surface area (Å²) in [5.74, 6) is 1.64. The highest BCUT2D eigenvalue weighted by Gasteiger charge is 2.53. The molecule has 232 valence electrons. The van der Waals surface area contributed by atoms with E-state index in [1.165, 1.54) is 12.8 Å². The van der Waals surface area contributed by atoms with Gasteiger partial charge in [0.25, 0.3) is 0 Å². The molecule has 4 fully saturated rings. The lowest BCUT2D eigenvalue weighted by molar-refractivity contribution is -0.161. The van der Waals surface area contributed by atoms with Gasteiger partial charge < -0.3 is 23.7 Å². The lowest BCUT2D eigenvalue weighted by atomic mass is 9.92. The summed E-state index contributed by atoms with van der Waals surface area (Å²) in [5, 5.41) is 0.292. The Bertz CT molecular complexity index is 929. The van der Waals surface area contributed by atoms with Crippen LogP contribution in [-0.2, 0) is 47.7 Å². The maximum Gasteiger partial charge on any atom is 0.333 e. The van der Waals surface area contributed by atoms with Gasteiger partial charge in [0, 0.05) is 54.5 Å². The topological polar surface area (TPSA) is 132 Å². The number of ether oxygens (including phenoxy) is 5. The number of alkyl halides is 1. The molecule has 41 heavy (non-hydrogen) atoms. The van der Waals surface area contributed by atoms with Gasteiger partial charge in [-0.2, -0.15) is 23.5 Å². The molecule has 0 radical (unpaired) electrons. The van der Waals surface area contributed by atoms with Crippen molar-refractivity contribution in [2.45, 2.75) is 70.7 Å². The third-order valence-electron chi connectivity index (χ3n) is 5.85. The molecule has 0 aromatic rings. The average Bonchev–Trinajstić information content (AvgIpc) is 3.62. The van der Waals surface area contributed by atoms with Crippen molar-refractivity contribution in [2.75, 3.05) is 48.2 Å². The second kappa shape index (κ2) is 20.1. The molecule has 3 atom stereocenters. The molecule has 0 N–H and O–H groups in total. The number of fused-ring (bicyclic) bond motifs is 1. The van der Waals surface area contributed by atoms with Crippen LogP contribution in [0.1, 0.15) is 52.9 Å². The maximum absolute atomic E-state index is 11.6. The molecule has 13 heteroatoms. The number of thioether (sulfide) groups is 2. The van der Waals surface area contributed by atoms with Crippen LogP contribution in [0, 0.1) is 0 Å². The molecule has 4 aliphatic rings. The Labute approximate surface area is 259 Å². The lowest BCUT2D eigenvalue weighted by Gasteiger charge is -2.35. The first-order valence-corrected chi connectivity index (χ1v) is 16.8. The standard InChI is InChI=1S/C11H14O4S.C9H12O3S.C4H7BrO2.C4H8O/c1-7(2)10(13)15-11-3-4-16-6-8(11)14-9(12)5-11;1-6(2)9(11)12-8-5-13-4-3-7(8)10;1-2-7-4(6)3-5;1-2-4-5-3-1/h8H,1,3-6H2,2H3;8H,1,3-5H2,2H3;2-3H2,1H3;1-4H2. The van der Waals surface area contributed by atoms with Crippen LogP contribution in [0.25, 0.3) is 0 Å². The fourth-order valence-corrected chi connectivity index (χ4v) is 6.00. The number of rotatable bonds is 6. The molecule has 0 bridgehead atoms. The number of halogens is 1. The van der Waals surface area contributed by atoms with E-state index in [1.54, 1.807) is 44.3 Å². The fourth-order valence-electron chi connectivity index (χ4n) is 3.62. The van der Waals surface area contributed by atoms with Crippen LogP contribution < -0.4 is 0 Å². The predicted octanol–water partition coefficient (Wildman–Crippen LogP) is 4.22. The molecule has 4 saturated heterocycles. The highest BCUT2D eigenvalue weighted by molar-refractivity contribution is 9.09. The van der Waals surface area contributed by atoms with Crippen LogP contribution in [0.5, 0.6) is 0 Å². The molecular weight excluding hydrogens is 640 g/mol. The molecule has 0 aromatic heterocycles. The van der Waals surface area contributed by atoms with Gasteiger partial charge in [-0.25, -0.2) is 9.59 Å². The van der Waals surface area contributed by atoms with Gasteiger partial charge in [-0.3, -0.25) is 14.4 Å². The van der Waals surface area contributed by atoms with Crippen LogP contribution in [0.2, 0.25) is 0 Å². The van der Waals surface area contributed by atoms with Crippen molar-refractivity contribution in [3.63, 3.8) is 0 Å². The number of esters is 4. The summed E-state index contributed by atoms with van der Waals surface area (Å²) in [4.78, 5) is 55.3. The molecule has 0 amide bonds. The van der Waals surface area contributed by atoms with Gasteiger partial charge in [-0.1, -0.05) is 29.1 Å². The van der Waals surface area contributed by atoms with Crippen molar-refractivity contribution < 1.29 is 47.7 Å². The van der Waals surface area contributed by atoms with Crippen molar-refractivity contribution in [2.24, 2.45) is 0 Å². The molecule has 4 aliphatic heterocycles. The zero-order chi connectivity index (χ0) is 30.8. The molecule has 0 aromatic carbocycles. The van der Waals surface area contributed by atoms with Crippen LogP contribution in [0.3, 0.4) is 0 Å². The highest BCUT2D eigenvalue weighted by Crippen LogP contribution is 2.40. The van der Waals surface area contributed by atoms with E-state index >= 15 is 0 Å². The van der Waals surface area contributed by atoms with Crippen molar-refractivity contribution >= 4 is 69.1 Å². The SMILES string of the molecule is C1CCOC1.C=C(C)C(=O)OC12CCSCC1OC(=O)C2.C=C(C)C(=O)OC1CSCCC1=O.CCOC(=O)CBr. The number of Topliss-reactive ketones (excluding diaryl/α,β-unsaturated/α-hetero) is 1. The second-order valence-corrected chi connectivity index (χ2v) is 12.3. The van der Waals surface area contributed by atoms with Crippen molar-refractivity contribution in [3.8, 4) is 0 Å². The first-order valence-electron chi connectivity index (χ1n) is 13.4. The Morgan fingerprint density at radius 3 is 2.15 bits per heavy atom. The Morgan fingerprint density at radius 1 is 1.02 bits per heavy atom. The van der Waals surface area contributed by atoms with E-state index < -0.39 is 23.6 Å². The summed E-state index contributed by atoms with van der Waals surface area (Å²) in [6.45, 7) is 14.4. The monoisotopic (exact) mass is 680 g/mol. The van der Waals surface area contributed by atoms with E-state index in [4.69, 9.17) is 18.9 Å². The number of hydrogen-bond donors (Lipinski definition) is 0. The van der Waals surface area contributed by atoms with Gasteiger partial charge in [0.15, 0.2) is 23.6 Å². The van der Waals surface area contributed by atoms with E-state index in [0.29, 0.717) is 47.4 Å². The first-order chi connectivity index (χ1) is 19.5. The molecule has 0 saturated carbocycles. The normalized spacial score (nSPS) is 24.3. The summed E-state index contributed by atoms with van der Waals surface area (Å²) >= 11 is 6.29. The van der Waals surface area contributed by atoms with E-state index in [1.807, 2.05) is 0 Å². The average molecular weight is 682 g/mol. The summed E-state index contributed by atoms with van der Waals surface area (Å²) in [6, 6.07) is 0. The molecule has 4 rings (SSSR count). The second-order valence-electron chi connectivity index (χ2n) is 9.44. The van der Waals surface area contributed by atoms with Crippen molar-refractivity contribution in [3.05, 3.63) is 24.3 Å². The minimum Gasteiger partial charge on any atom is -0.465 e. The first kappa shape index (κ1) is 37.2. The van der Waals surface area contributed by atoms with Gasteiger partial charge in [0.2, 0.25) is 0 Å². The van der Waals surface area contributed by atoms with E-state index in [9.17, 15) is 24.0 Å². The summed E-state index contributed by atoms with van der Waals surface area (Å²) in [5.41, 5.74) is -0.0488. The summed E-state index contributed by atoms with van der Waals surface area (Å²) in [6.07, 6.45) is 3.06. The molecule has 4 heterocycles. The zero-order valence-corrected chi connectivity index (χ0v) is 27.3. The van der Waals surface area contributed by atoms with Crippen molar-refractivity contribution in [1.82, 2.24) is 0 Å². The minimum atomic E-state index is -0.738. The summed E-state index contributed by atoms with van der Waals surface area (Å²) in [7, 11) is 0. The van der Waals surface area contributed by atoms with E-state index in [2.05, 4.69) is 33.8 Å². The molecule has 0 aliphatic carbocycles. The van der Waals surface area contributed by atoms with Crippen LogP contribution in [0.15, 0.2) is 24.3 Å². The minimum absolute atomic E-state index is 0.0216. The van der Waals surface area contributed by atoms with Crippen LogP contribution in [-0.4, -0.2) is 95.6 Å². The third kappa shape index (κ3) is 14.3. The Hall–Kier alpha value is -1.83. The quantitative estimate of drug-likeness (QED) is 0.172. The van der Waals surface area contributed by atoms with Gasteiger partial charge >= 0.3 is 23.9 Å². The lowest BCUT2D eigenvalue weighted by Crippen LogP contribution is -2.47. The van der Waals surface area contributed by atoms with Gasteiger partial charge in [-0.15, -0.1) is 0 Å². The number of ketones is 1. The largest absolute Gasteiger partial charge is 0.465 e. The fraction of sp³-hybridized carbons (Fsp3) is 0.679. The summed E-state index contributed by atoms with van der Waals surface area (Å²) < 4.78 is 25.0. The highest BCUT2D eigenvalue weighted by atomic mass is 79.9. The van der Waals surface area contributed by atoms with Crippen LogP contribution in [0.4, 0.5) is 0 Å². The molecule has 10 nitrogen and oxygen atoms in total. The van der Waals surface area contributed by atoms with Crippen LogP contribution >= 0.6 is 39.5 Å². The van der Waals surface area contributed by atoms with Gasteiger partial charge in [0.05, 0.1) is 13.0 Å².